The lowest BCUT2D eigenvalue weighted by molar-refractivity contribution is -0.0369. The van der Waals surface area contributed by atoms with Crippen molar-refractivity contribution in [3.05, 3.63) is 69.6 Å². The molecule has 2 aliphatic rings. The first-order valence-corrected chi connectivity index (χ1v) is 12.6. The van der Waals surface area contributed by atoms with Crippen LogP contribution in [0.15, 0.2) is 57.9 Å². The van der Waals surface area contributed by atoms with Gasteiger partial charge in [-0.2, -0.15) is 10.2 Å². The van der Waals surface area contributed by atoms with E-state index in [0.717, 1.165) is 52.2 Å². The largest absolute Gasteiger partial charge is 0.502 e. The summed E-state index contributed by atoms with van der Waals surface area (Å²) < 4.78 is 40.6. The van der Waals surface area contributed by atoms with Crippen LogP contribution in [0.25, 0.3) is 21.8 Å². The van der Waals surface area contributed by atoms with Crippen LogP contribution < -0.4 is 0 Å². The van der Waals surface area contributed by atoms with Crippen molar-refractivity contribution in [1.82, 2.24) is 20.0 Å². The molecule has 1 saturated heterocycles. The molecule has 0 radical (unpaired) electrons. The Balaban J connectivity index is 0.000000137. The van der Waals surface area contributed by atoms with Gasteiger partial charge in [-0.25, -0.2) is 13.5 Å². The van der Waals surface area contributed by atoms with Crippen LogP contribution in [0.1, 0.15) is 38.3 Å². The van der Waals surface area contributed by atoms with Gasteiger partial charge in [-0.05, 0) is 62.4 Å². The molecule has 2 aromatic heterocycles. The van der Waals surface area contributed by atoms with Crippen LogP contribution in [0.5, 0.6) is 0 Å². The van der Waals surface area contributed by atoms with Crippen LogP contribution in [0.2, 0.25) is 0 Å². The highest BCUT2D eigenvalue weighted by Crippen LogP contribution is 2.29. The number of hydrogen-bond acceptors (Lipinski definition) is 4. The molecule has 0 aliphatic carbocycles. The molecule has 0 amide bonds. The molecule has 1 fully saturated rings. The maximum atomic E-state index is 13.9. The number of aromatic nitrogens is 4. The van der Waals surface area contributed by atoms with Crippen molar-refractivity contribution in [2.24, 2.45) is 0 Å². The van der Waals surface area contributed by atoms with Gasteiger partial charge in [-0.3, -0.25) is 5.10 Å². The average Bonchev–Trinajstić information content (AvgIpc) is 3.49. The van der Waals surface area contributed by atoms with Crippen LogP contribution in [-0.4, -0.2) is 33.2 Å². The first-order valence-electron chi connectivity index (χ1n) is 11.0. The highest BCUT2D eigenvalue weighted by Gasteiger charge is 2.20. The molecule has 2 aromatic carbocycles. The lowest BCUT2D eigenvalue weighted by Crippen LogP contribution is -2.19. The number of ether oxygens (including phenoxy) is 2. The summed E-state index contributed by atoms with van der Waals surface area (Å²) >= 11 is 6.47. The molecule has 1 atom stereocenters. The van der Waals surface area contributed by atoms with E-state index in [2.05, 4.69) is 47.2 Å². The number of fused-ring (bicyclic) bond motifs is 2. The molecule has 4 heterocycles. The van der Waals surface area contributed by atoms with Gasteiger partial charge in [-0.15, -0.1) is 0 Å². The predicted octanol–water partition coefficient (Wildman–Crippen LogP) is 7.41. The molecule has 0 spiro atoms. The number of hydrogen-bond donors (Lipinski definition) is 1. The Morgan fingerprint density at radius 1 is 0.941 bits per heavy atom. The molecule has 180 valence electrons. The molecule has 34 heavy (non-hydrogen) atoms. The average molecular weight is 598 g/mol. The monoisotopic (exact) mass is 596 g/mol. The number of nitrogens with one attached hydrogen (secondary N) is 1. The van der Waals surface area contributed by atoms with E-state index in [0.29, 0.717) is 11.0 Å². The van der Waals surface area contributed by atoms with Crippen molar-refractivity contribution in [1.29, 1.82) is 0 Å². The van der Waals surface area contributed by atoms with Crippen molar-refractivity contribution in [2.75, 3.05) is 13.2 Å². The zero-order chi connectivity index (χ0) is 23.9. The van der Waals surface area contributed by atoms with Crippen molar-refractivity contribution in [2.45, 2.75) is 38.3 Å². The Labute approximate surface area is 212 Å². The third-order valence-corrected chi connectivity index (χ3v) is 6.24. The lowest BCUT2D eigenvalue weighted by Gasteiger charge is -2.23. The second-order valence-electron chi connectivity index (χ2n) is 7.84. The third-order valence-electron chi connectivity index (χ3n) is 5.33. The second-order valence-corrected chi connectivity index (χ2v) is 9.67. The third kappa shape index (κ3) is 6.22. The zero-order valence-electron chi connectivity index (χ0n) is 18.3. The molecule has 1 unspecified atom stereocenters. The molecular weight excluding hydrogens is 574 g/mol. The SMILES string of the molecule is C1=COCCC1.Fc1cc(Br)cc2cn[nH]c12.Fc1cc(Br)cc2cnn(C3CCCCO3)c12. The summed E-state index contributed by atoms with van der Waals surface area (Å²) in [4.78, 5) is 0. The summed E-state index contributed by atoms with van der Waals surface area (Å²) in [5.74, 6) is -0.548. The number of halogens is 4. The van der Waals surface area contributed by atoms with E-state index in [9.17, 15) is 8.78 Å². The maximum Gasteiger partial charge on any atom is 0.150 e. The number of rotatable bonds is 1. The van der Waals surface area contributed by atoms with Gasteiger partial charge in [-0.1, -0.05) is 31.9 Å². The van der Waals surface area contributed by atoms with E-state index >= 15 is 0 Å². The predicted molar refractivity (Wildman–Crippen MR) is 134 cm³/mol. The second kappa shape index (κ2) is 11.9. The van der Waals surface area contributed by atoms with E-state index in [1.54, 1.807) is 23.3 Å². The maximum absolute atomic E-state index is 13.9. The van der Waals surface area contributed by atoms with E-state index in [4.69, 9.17) is 9.47 Å². The lowest BCUT2D eigenvalue weighted by atomic mass is 10.2. The fourth-order valence-electron chi connectivity index (χ4n) is 3.71. The number of aromatic amines is 1. The van der Waals surface area contributed by atoms with Gasteiger partial charge in [0, 0.05) is 26.3 Å². The normalized spacial score (nSPS) is 17.5. The smallest absolute Gasteiger partial charge is 0.150 e. The topological polar surface area (TPSA) is 65.0 Å². The highest BCUT2D eigenvalue weighted by molar-refractivity contribution is 9.10. The highest BCUT2D eigenvalue weighted by atomic mass is 79.9. The van der Waals surface area contributed by atoms with Crippen LogP contribution in [0, 0.1) is 11.6 Å². The first kappa shape index (κ1) is 24.8. The van der Waals surface area contributed by atoms with Gasteiger partial charge in [0.15, 0.2) is 6.23 Å². The molecule has 4 aromatic rings. The molecule has 6 nitrogen and oxygen atoms in total. The Hall–Kier alpha value is -2.30. The number of benzene rings is 2. The molecular formula is C24H24Br2F2N4O2. The van der Waals surface area contributed by atoms with Crippen LogP contribution in [0.3, 0.4) is 0 Å². The number of allylic oxidation sites excluding steroid dienone is 1. The van der Waals surface area contributed by atoms with E-state index in [1.165, 1.54) is 25.0 Å². The summed E-state index contributed by atoms with van der Waals surface area (Å²) in [6.07, 6.45) is 12.4. The van der Waals surface area contributed by atoms with Gasteiger partial charge in [0.1, 0.15) is 22.7 Å². The van der Waals surface area contributed by atoms with E-state index in [-0.39, 0.29) is 17.9 Å². The van der Waals surface area contributed by atoms with Gasteiger partial charge in [0.25, 0.3) is 0 Å². The van der Waals surface area contributed by atoms with E-state index < -0.39 is 0 Å². The van der Waals surface area contributed by atoms with Gasteiger partial charge in [0.2, 0.25) is 0 Å². The molecule has 10 heteroatoms. The van der Waals surface area contributed by atoms with E-state index in [1.807, 2.05) is 18.2 Å². The minimum Gasteiger partial charge on any atom is -0.502 e. The summed E-state index contributed by atoms with van der Waals surface area (Å²) in [5, 5.41) is 12.1. The fraction of sp³-hybridized carbons (Fsp3) is 0.333. The molecule has 2 aliphatic heterocycles. The Bertz CT molecular complexity index is 1260. The quantitative estimate of drug-likeness (QED) is 0.248. The summed E-state index contributed by atoms with van der Waals surface area (Å²) in [6.45, 7) is 1.64. The van der Waals surface area contributed by atoms with Crippen molar-refractivity contribution in [3.63, 3.8) is 0 Å². The summed E-state index contributed by atoms with van der Waals surface area (Å²) in [7, 11) is 0. The van der Waals surface area contributed by atoms with Crippen LogP contribution in [0.4, 0.5) is 8.78 Å². The van der Waals surface area contributed by atoms with Crippen molar-refractivity contribution in [3.8, 4) is 0 Å². The molecule has 1 N–H and O–H groups in total. The Morgan fingerprint density at radius 2 is 1.74 bits per heavy atom. The Kier molecular flexibility index (Phi) is 8.69. The number of nitrogens with zero attached hydrogens (tertiary/aromatic N) is 3. The fourth-order valence-corrected chi connectivity index (χ4v) is 4.61. The Morgan fingerprint density at radius 3 is 2.38 bits per heavy atom. The molecule has 0 saturated carbocycles. The minimum atomic E-state index is -0.285. The minimum absolute atomic E-state index is 0.128. The molecule has 6 rings (SSSR count). The van der Waals surface area contributed by atoms with Crippen molar-refractivity contribution >= 4 is 53.7 Å². The van der Waals surface area contributed by atoms with Crippen LogP contribution in [-0.2, 0) is 9.47 Å². The number of H-pyrrole nitrogens is 1. The van der Waals surface area contributed by atoms with Gasteiger partial charge >= 0.3 is 0 Å². The standard InChI is InChI=1S/C12H12BrFN2O.C7H4BrFN2.C5H8O/c13-9-5-8-7-15-16(12(8)10(14)6-9)11-3-1-2-4-17-11;8-5-1-4-3-10-11-7(4)6(9)2-5;1-2-4-6-5-3-1/h5-7,11H,1-4H2;1-3H,(H,10,11);2,4H,1,3,5H2. The summed E-state index contributed by atoms with van der Waals surface area (Å²) in [6, 6.07) is 6.54. The summed E-state index contributed by atoms with van der Waals surface area (Å²) in [5.41, 5.74) is 0.980. The molecule has 0 bridgehead atoms. The first-order chi connectivity index (χ1) is 16.5. The van der Waals surface area contributed by atoms with Gasteiger partial charge in [0.05, 0.1) is 25.3 Å². The van der Waals surface area contributed by atoms with Gasteiger partial charge < -0.3 is 9.47 Å². The zero-order valence-corrected chi connectivity index (χ0v) is 21.5. The van der Waals surface area contributed by atoms with Crippen LogP contribution >= 0.6 is 31.9 Å². The van der Waals surface area contributed by atoms with Crippen molar-refractivity contribution < 1.29 is 18.3 Å².